The first-order valence-electron chi connectivity index (χ1n) is 7.47. The Kier molecular flexibility index (Phi) is 4.61. The Morgan fingerprint density at radius 2 is 1.71 bits per heavy atom. The topological polar surface area (TPSA) is 61.6 Å². The van der Waals surface area contributed by atoms with Crippen LogP contribution in [0.4, 0.5) is 0 Å². The van der Waals surface area contributed by atoms with E-state index in [1.165, 1.54) is 7.11 Å². The number of carbonyl (C=O) groups excluding carboxylic acids is 1. The molecule has 1 aromatic heterocycles. The zero-order chi connectivity index (χ0) is 16.9. The number of benzene rings is 2. The molecule has 0 atom stereocenters. The van der Waals surface area contributed by atoms with Gasteiger partial charge in [0.1, 0.15) is 23.6 Å². The number of methoxy groups -OCH3 is 2. The molecule has 0 bridgehead atoms. The van der Waals surface area contributed by atoms with Gasteiger partial charge in [-0.3, -0.25) is 4.79 Å². The molecule has 0 unspecified atom stereocenters. The van der Waals surface area contributed by atoms with E-state index in [1.54, 1.807) is 7.11 Å². The molecule has 1 heterocycles. The summed E-state index contributed by atoms with van der Waals surface area (Å²) in [7, 11) is 2.97. The lowest BCUT2D eigenvalue weighted by Gasteiger charge is -2.00. The Labute approximate surface area is 139 Å². The van der Waals surface area contributed by atoms with Crippen LogP contribution in [-0.2, 0) is 16.0 Å². The minimum absolute atomic E-state index is 0.0316. The van der Waals surface area contributed by atoms with E-state index in [0.29, 0.717) is 17.3 Å². The van der Waals surface area contributed by atoms with Crippen molar-refractivity contribution in [2.75, 3.05) is 14.2 Å². The molecule has 0 amide bonds. The van der Waals surface area contributed by atoms with Crippen LogP contribution in [0.2, 0.25) is 0 Å². The third-order valence-corrected chi connectivity index (χ3v) is 3.61. The van der Waals surface area contributed by atoms with Gasteiger partial charge in [-0.25, -0.2) is 4.98 Å². The van der Waals surface area contributed by atoms with Gasteiger partial charge in [-0.2, -0.15) is 0 Å². The van der Waals surface area contributed by atoms with Crippen molar-refractivity contribution < 1.29 is 18.7 Å². The van der Waals surface area contributed by atoms with E-state index < -0.39 is 0 Å². The SMILES string of the molecule is COC(=O)Cc1oc(-c2ccc(OC)cc2)nc1-c1ccccc1. The number of rotatable bonds is 5. The molecule has 5 nitrogen and oxygen atoms in total. The van der Waals surface area contributed by atoms with E-state index in [-0.39, 0.29) is 12.4 Å². The normalized spacial score (nSPS) is 10.4. The fourth-order valence-electron chi connectivity index (χ4n) is 2.35. The molecule has 0 saturated carbocycles. The number of oxazole rings is 1. The number of esters is 1. The van der Waals surface area contributed by atoms with Gasteiger partial charge in [0.25, 0.3) is 0 Å². The molecule has 3 rings (SSSR count). The highest BCUT2D eigenvalue weighted by Crippen LogP contribution is 2.30. The van der Waals surface area contributed by atoms with Gasteiger partial charge < -0.3 is 13.9 Å². The van der Waals surface area contributed by atoms with Crippen molar-refractivity contribution in [1.82, 2.24) is 4.98 Å². The molecule has 0 saturated heterocycles. The molecule has 0 radical (unpaired) electrons. The first kappa shape index (κ1) is 15.8. The summed E-state index contributed by atoms with van der Waals surface area (Å²) < 4.78 is 15.8. The van der Waals surface area contributed by atoms with Crippen molar-refractivity contribution >= 4 is 5.97 Å². The summed E-state index contributed by atoms with van der Waals surface area (Å²) >= 11 is 0. The molecule has 0 spiro atoms. The van der Waals surface area contributed by atoms with Crippen molar-refractivity contribution in [2.24, 2.45) is 0 Å². The van der Waals surface area contributed by atoms with Crippen LogP contribution in [0.1, 0.15) is 5.76 Å². The Bertz CT molecular complexity index is 822. The van der Waals surface area contributed by atoms with Crippen molar-refractivity contribution in [2.45, 2.75) is 6.42 Å². The molecule has 0 aliphatic heterocycles. The summed E-state index contributed by atoms with van der Waals surface area (Å²) in [6.45, 7) is 0. The highest BCUT2D eigenvalue weighted by atomic mass is 16.5. The van der Waals surface area contributed by atoms with E-state index in [1.807, 2.05) is 54.6 Å². The molecule has 5 heteroatoms. The number of carbonyl (C=O) groups is 1. The summed E-state index contributed by atoms with van der Waals surface area (Å²) in [6, 6.07) is 17.0. The molecule has 0 N–H and O–H groups in total. The Morgan fingerprint density at radius 1 is 1.00 bits per heavy atom. The molecular weight excluding hydrogens is 306 g/mol. The zero-order valence-electron chi connectivity index (χ0n) is 13.5. The predicted molar refractivity (Wildman–Crippen MR) is 89.6 cm³/mol. The number of hydrogen-bond acceptors (Lipinski definition) is 5. The van der Waals surface area contributed by atoms with Crippen LogP contribution in [0.3, 0.4) is 0 Å². The number of hydrogen-bond donors (Lipinski definition) is 0. The van der Waals surface area contributed by atoms with Crippen LogP contribution in [0, 0.1) is 0 Å². The molecule has 2 aromatic carbocycles. The summed E-state index contributed by atoms with van der Waals surface area (Å²) in [4.78, 5) is 16.2. The molecule has 122 valence electrons. The first-order valence-corrected chi connectivity index (χ1v) is 7.47. The van der Waals surface area contributed by atoms with Crippen molar-refractivity contribution in [3.63, 3.8) is 0 Å². The fourth-order valence-corrected chi connectivity index (χ4v) is 2.35. The highest BCUT2D eigenvalue weighted by Gasteiger charge is 2.19. The second kappa shape index (κ2) is 7.00. The third-order valence-electron chi connectivity index (χ3n) is 3.61. The standard InChI is InChI=1S/C19H17NO4/c1-22-15-10-8-14(9-11-15)19-20-18(13-6-4-3-5-7-13)16(24-19)12-17(21)23-2/h3-11H,12H2,1-2H3. The van der Waals surface area contributed by atoms with Crippen LogP contribution < -0.4 is 4.74 Å². The maximum Gasteiger partial charge on any atom is 0.313 e. The van der Waals surface area contributed by atoms with Gasteiger partial charge in [-0.15, -0.1) is 0 Å². The van der Waals surface area contributed by atoms with Gasteiger partial charge in [0.2, 0.25) is 5.89 Å². The quantitative estimate of drug-likeness (QED) is 0.670. The number of nitrogens with zero attached hydrogens (tertiary/aromatic N) is 1. The number of aromatic nitrogens is 1. The molecule has 0 aliphatic carbocycles. The van der Waals surface area contributed by atoms with E-state index in [0.717, 1.165) is 16.9 Å². The summed E-state index contributed by atoms with van der Waals surface area (Å²) in [5, 5.41) is 0. The Morgan fingerprint density at radius 3 is 2.33 bits per heavy atom. The summed E-state index contributed by atoms with van der Waals surface area (Å²) in [6.07, 6.45) is 0.0316. The Balaban J connectivity index is 2.03. The van der Waals surface area contributed by atoms with Crippen molar-refractivity contribution in [1.29, 1.82) is 0 Å². The molecule has 24 heavy (non-hydrogen) atoms. The highest BCUT2D eigenvalue weighted by molar-refractivity contribution is 5.76. The van der Waals surface area contributed by atoms with Gasteiger partial charge >= 0.3 is 5.97 Å². The van der Waals surface area contributed by atoms with Gasteiger partial charge in [0.15, 0.2) is 0 Å². The third kappa shape index (κ3) is 3.30. The largest absolute Gasteiger partial charge is 0.497 e. The van der Waals surface area contributed by atoms with E-state index in [2.05, 4.69) is 4.98 Å². The van der Waals surface area contributed by atoms with E-state index >= 15 is 0 Å². The van der Waals surface area contributed by atoms with Crippen LogP contribution in [0.5, 0.6) is 5.75 Å². The van der Waals surface area contributed by atoms with Gasteiger partial charge in [-0.1, -0.05) is 30.3 Å². The molecule has 3 aromatic rings. The van der Waals surface area contributed by atoms with E-state index in [9.17, 15) is 4.79 Å². The maximum atomic E-state index is 11.7. The monoisotopic (exact) mass is 323 g/mol. The average molecular weight is 323 g/mol. The molecule has 0 aliphatic rings. The Hall–Kier alpha value is -3.08. The molecular formula is C19H17NO4. The average Bonchev–Trinajstić information content (AvgIpc) is 3.06. The molecule has 0 fully saturated rings. The predicted octanol–water partition coefficient (Wildman–Crippen LogP) is 3.73. The second-order valence-electron chi connectivity index (χ2n) is 5.14. The number of ether oxygens (including phenoxy) is 2. The smallest absolute Gasteiger partial charge is 0.313 e. The van der Waals surface area contributed by atoms with Crippen molar-refractivity contribution in [3.8, 4) is 28.5 Å². The van der Waals surface area contributed by atoms with Gasteiger partial charge in [-0.05, 0) is 24.3 Å². The fraction of sp³-hybridized carbons (Fsp3) is 0.158. The van der Waals surface area contributed by atoms with E-state index in [4.69, 9.17) is 13.9 Å². The minimum Gasteiger partial charge on any atom is -0.497 e. The second-order valence-corrected chi connectivity index (χ2v) is 5.14. The lowest BCUT2D eigenvalue weighted by molar-refractivity contribution is -0.140. The van der Waals surface area contributed by atoms with Crippen LogP contribution in [0.25, 0.3) is 22.7 Å². The van der Waals surface area contributed by atoms with Crippen LogP contribution >= 0.6 is 0 Å². The van der Waals surface area contributed by atoms with Crippen LogP contribution in [-0.4, -0.2) is 25.2 Å². The first-order chi connectivity index (χ1) is 11.7. The van der Waals surface area contributed by atoms with Crippen LogP contribution in [0.15, 0.2) is 59.0 Å². The van der Waals surface area contributed by atoms with Gasteiger partial charge in [0, 0.05) is 11.1 Å². The minimum atomic E-state index is -0.371. The maximum absolute atomic E-state index is 11.7. The van der Waals surface area contributed by atoms with Crippen molar-refractivity contribution in [3.05, 3.63) is 60.4 Å². The summed E-state index contributed by atoms with van der Waals surface area (Å²) in [5.41, 5.74) is 2.34. The van der Waals surface area contributed by atoms with Gasteiger partial charge in [0.05, 0.1) is 14.2 Å². The summed E-state index contributed by atoms with van der Waals surface area (Å²) in [5.74, 6) is 1.32. The lowest BCUT2D eigenvalue weighted by Crippen LogP contribution is -2.04. The zero-order valence-corrected chi connectivity index (χ0v) is 13.5. The lowest BCUT2D eigenvalue weighted by atomic mass is 10.1.